The molecule has 1 heterocycles. The zero-order chi connectivity index (χ0) is 12.5. The first kappa shape index (κ1) is 11.0. The lowest BCUT2D eigenvalue weighted by Crippen LogP contribution is -1.86. The van der Waals surface area contributed by atoms with Crippen LogP contribution in [0.2, 0.25) is 0 Å². The Balaban J connectivity index is 2.31. The molecule has 0 aliphatic rings. The van der Waals surface area contributed by atoms with Crippen molar-refractivity contribution >= 4 is 10.9 Å². The van der Waals surface area contributed by atoms with Crippen molar-refractivity contribution in [3.8, 4) is 11.1 Å². The fourth-order valence-corrected chi connectivity index (χ4v) is 2.47. The molecular weight excluding hydrogens is 218 g/mol. The second kappa shape index (κ2) is 4.26. The van der Waals surface area contributed by atoms with E-state index < -0.39 is 0 Å². The van der Waals surface area contributed by atoms with Crippen LogP contribution in [0.3, 0.4) is 0 Å². The quantitative estimate of drug-likeness (QED) is 0.602. The molecular formula is C17H15N. The standard InChI is InChI=1S/C17H15N/c1-12-9-13(2)11-15(10-12)16-7-3-5-14-6-4-8-18-17(14)16/h3-11H,1-2H3. The average Bonchev–Trinajstić information content (AvgIpc) is 2.37. The Labute approximate surface area is 107 Å². The third-order valence-electron chi connectivity index (χ3n) is 3.17. The van der Waals surface area contributed by atoms with Gasteiger partial charge in [0.25, 0.3) is 0 Å². The van der Waals surface area contributed by atoms with E-state index in [1.54, 1.807) is 0 Å². The van der Waals surface area contributed by atoms with Crippen molar-refractivity contribution in [3.05, 3.63) is 65.9 Å². The molecule has 0 fully saturated rings. The third-order valence-corrected chi connectivity index (χ3v) is 3.17. The summed E-state index contributed by atoms with van der Waals surface area (Å²) in [6.45, 7) is 4.27. The zero-order valence-electron chi connectivity index (χ0n) is 10.6. The topological polar surface area (TPSA) is 12.9 Å². The number of benzene rings is 2. The lowest BCUT2D eigenvalue weighted by atomic mass is 9.98. The predicted octanol–water partition coefficient (Wildman–Crippen LogP) is 4.52. The Morgan fingerprint density at radius 2 is 1.56 bits per heavy atom. The molecule has 0 saturated heterocycles. The number of rotatable bonds is 1. The van der Waals surface area contributed by atoms with E-state index in [1.165, 1.54) is 27.6 Å². The molecule has 18 heavy (non-hydrogen) atoms. The largest absolute Gasteiger partial charge is 0.256 e. The van der Waals surface area contributed by atoms with Crippen molar-refractivity contribution in [3.63, 3.8) is 0 Å². The summed E-state index contributed by atoms with van der Waals surface area (Å²) in [5.41, 5.74) is 6.11. The molecule has 0 unspecified atom stereocenters. The maximum Gasteiger partial charge on any atom is 0.0780 e. The van der Waals surface area contributed by atoms with Crippen molar-refractivity contribution in [1.82, 2.24) is 4.98 Å². The molecule has 0 bridgehead atoms. The van der Waals surface area contributed by atoms with Gasteiger partial charge in [-0.15, -0.1) is 0 Å². The normalized spacial score (nSPS) is 10.8. The molecule has 0 atom stereocenters. The summed E-state index contributed by atoms with van der Waals surface area (Å²) in [6.07, 6.45) is 1.86. The number of fused-ring (bicyclic) bond motifs is 1. The van der Waals surface area contributed by atoms with Crippen molar-refractivity contribution in [2.45, 2.75) is 13.8 Å². The fourth-order valence-electron chi connectivity index (χ4n) is 2.47. The van der Waals surface area contributed by atoms with Crippen molar-refractivity contribution in [1.29, 1.82) is 0 Å². The Bertz CT molecular complexity index is 688. The molecule has 0 spiro atoms. The maximum absolute atomic E-state index is 4.52. The van der Waals surface area contributed by atoms with Crippen LogP contribution in [0, 0.1) is 13.8 Å². The number of para-hydroxylation sites is 1. The smallest absolute Gasteiger partial charge is 0.0780 e. The Hall–Kier alpha value is -2.15. The molecule has 1 nitrogen and oxygen atoms in total. The average molecular weight is 233 g/mol. The molecule has 88 valence electrons. The van der Waals surface area contributed by atoms with E-state index in [4.69, 9.17) is 0 Å². The summed E-state index contributed by atoms with van der Waals surface area (Å²) in [6, 6.07) is 17.1. The van der Waals surface area contributed by atoms with E-state index in [-0.39, 0.29) is 0 Å². The summed E-state index contributed by atoms with van der Waals surface area (Å²) in [7, 11) is 0. The Morgan fingerprint density at radius 1 is 0.833 bits per heavy atom. The summed E-state index contributed by atoms with van der Waals surface area (Å²) >= 11 is 0. The highest BCUT2D eigenvalue weighted by Crippen LogP contribution is 2.28. The van der Waals surface area contributed by atoms with E-state index in [9.17, 15) is 0 Å². The van der Waals surface area contributed by atoms with Crippen LogP contribution in [-0.2, 0) is 0 Å². The minimum Gasteiger partial charge on any atom is -0.256 e. The van der Waals surface area contributed by atoms with Crippen LogP contribution in [0.15, 0.2) is 54.7 Å². The van der Waals surface area contributed by atoms with Crippen molar-refractivity contribution in [2.75, 3.05) is 0 Å². The van der Waals surface area contributed by atoms with Gasteiger partial charge in [0, 0.05) is 17.1 Å². The van der Waals surface area contributed by atoms with Crippen LogP contribution < -0.4 is 0 Å². The molecule has 3 rings (SSSR count). The van der Waals surface area contributed by atoms with Crippen LogP contribution in [0.4, 0.5) is 0 Å². The van der Waals surface area contributed by atoms with Crippen LogP contribution in [0.1, 0.15) is 11.1 Å². The van der Waals surface area contributed by atoms with Gasteiger partial charge in [-0.25, -0.2) is 0 Å². The van der Waals surface area contributed by atoms with Gasteiger partial charge in [0.1, 0.15) is 0 Å². The van der Waals surface area contributed by atoms with Gasteiger partial charge < -0.3 is 0 Å². The Morgan fingerprint density at radius 3 is 2.33 bits per heavy atom. The second-order valence-corrected chi connectivity index (χ2v) is 4.76. The fraction of sp³-hybridized carbons (Fsp3) is 0.118. The van der Waals surface area contributed by atoms with Gasteiger partial charge in [0.2, 0.25) is 0 Å². The highest BCUT2D eigenvalue weighted by molar-refractivity contribution is 5.93. The van der Waals surface area contributed by atoms with Crippen molar-refractivity contribution < 1.29 is 0 Å². The number of hydrogen-bond donors (Lipinski definition) is 0. The first-order valence-corrected chi connectivity index (χ1v) is 6.16. The first-order valence-electron chi connectivity index (χ1n) is 6.16. The third kappa shape index (κ3) is 1.88. The summed E-state index contributed by atoms with van der Waals surface area (Å²) in [5, 5.41) is 1.19. The highest BCUT2D eigenvalue weighted by Gasteiger charge is 2.05. The molecule has 0 aliphatic carbocycles. The predicted molar refractivity (Wildman–Crippen MR) is 76.7 cm³/mol. The van der Waals surface area contributed by atoms with Gasteiger partial charge in [0.15, 0.2) is 0 Å². The van der Waals surface area contributed by atoms with E-state index in [0.29, 0.717) is 0 Å². The minimum absolute atomic E-state index is 1.07. The van der Waals surface area contributed by atoms with E-state index >= 15 is 0 Å². The van der Waals surface area contributed by atoms with Crippen LogP contribution in [-0.4, -0.2) is 4.98 Å². The Kier molecular flexibility index (Phi) is 2.60. The van der Waals surface area contributed by atoms with E-state index in [2.05, 4.69) is 61.3 Å². The molecule has 0 N–H and O–H groups in total. The minimum atomic E-state index is 1.07. The summed E-state index contributed by atoms with van der Waals surface area (Å²) in [4.78, 5) is 4.52. The molecule has 1 aromatic heterocycles. The summed E-state index contributed by atoms with van der Waals surface area (Å²) < 4.78 is 0. The second-order valence-electron chi connectivity index (χ2n) is 4.76. The number of nitrogens with zero attached hydrogens (tertiary/aromatic N) is 1. The first-order chi connectivity index (χ1) is 8.74. The van der Waals surface area contributed by atoms with Crippen LogP contribution in [0.5, 0.6) is 0 Å². The zero-order valence-corrected chi connectivity index (χ0v) is 10.6. The lowest BCUT2D eigenvalue weighted by Gasteiger charge is -2.08. The van der Waals surface area contributed by atoms with Gasteiger partial charge in [-0.2, -0.15) is 0 Å². The van der Waals surface area contributed by atoms with Gasteiger partial charge in [0.05, 0.1) is 5.52 Å². The number of hydrogen-bond acceptors (Lipinski definition) is 1. The highest BCUT2D eigenvalue weighted by atomic mass is 14.6. The number of pyridine rings is 1. The lowest BCUT2D eigenvalue weighted by molar-refractivity contribution is 1.37. The SMILES string of the molecule is Cc1cc(C)cc(-c2cccc3cccnc23)c1. The van der Waals surface area contributed by atoms with Crippen LogP contribution in [0.25, 0.3) is 22.0 Å². The molecule has 0 aliphatic heterocycles. The molecule has 1 heteroatoms. The molecule has 3 aromatic rings. The van der Waals surface area contributed by atoms with Gasteiger partial charge >= 0.3 is 0 Å². The van der Waals surface area contributed by atoms with E-state index in [1.807, 2.05) is 12.3 Å². The molecule has 0 saturated carbocycles. The molecule has 0 radical (unpaired) electrons. The monoisotopic (exact) mass is 233 g/mol. The van der Waals surface area contributed by atoms with Crippen molar-refractivity contribution in [2.24, 2.45) is 0 Å². The maximum atomic E-state index is 4.52. The number of aryl methyl sites for hydroxylation is 2. The van der Waals surface area contributed by atoms with Gasteiger partial charge in [-0.05, 0) is 25.5 Å². The van der Waals surface area contributed by atoms with Gasteiger partial charge in [-0.3, -0.25) is 4.98 Å². The number of aromatic nitrogens is 1. The van der Waals surface area contributed by atoms with Gasteiger partial charge in [-0.1, -0.05) is 53.6 Å². The molecule has 2 aromatic carbocycles. The van der Waals surface area contributed by atoms with E-state index in [0.717, 1.165) is 5.52 Å². The molecule has 0 amide bonds. The van der Waals surface area contributed by atoms with Crippen LogP contribution >= 0.6 is 0 Å². The summed E-state index contributed by atoms with van der Waals surface area (Å²) in [5.74, 6) is 0.